The number of aryl methyl sites for hydroxylation is 1. The summed E-state index contributed by atoms with van der Waals surface area (Å²) in [5, 5.41) is 4.14. The minimum Gasteiger partial charge on any atom is -0.476 e. The number of hydrogen-bond donors (Lipinski definition) is 1. The van der Waals surface area contributed by atoms with Gasteiger partial charge in [0.2, 0.25) is 5.88 Å². The van der Waals surface area contributed by atoms with Gasteiger partial charge in [0.15, 0.2) is 5.69 Å². The van der Waals surface area contributed by atoms with Crippen molar-refractivity contribution >= 4 is 29.0 Å². The Morgan fingerprint density at radius 2 is 1.98 bits per heavy atom. The molecule has 4 aliphatic rings. The fourth-order valence-corrected chi connectivity index (χ4v) is 8.75. The van der Waals surface area contributed by atoms with E-state index in [1.54, 1.807) is 20.2 Å². The Labute approximate surface area is 303 Å². The first-order chi connectivity index (χ1) is 24.6. The summed E-state index contributed by atoms with van der Waals surface area (Å²) in [6, 6.07) is 4.09. The van der Waals surface area contributed by atoms with Gasteiger partial charge in [-0.25, -0.2) is 0 Å². The lowest BCUT2D eigenvalue weighted by Crippen LogP contribution is -2.43. The zero-order valence-electron chi connectivity index (χ0n) is 29.2. The number of carbonyl (C=O) groups excluding carboxylic acids is 1. The van der Waals surface area contributed by atoms with Gasteiger partial charge in [0.25, 0.3) is 12.0 Å². The third-order valence-electron chi connectivity index (χ3n) is 10.8. The predicted molar refractivity (Wildman–Crippen MR) is 184 cm³/mol. The number of ether oxygens (including phenoxy) is 2. The maximum Gasteiger partial charge on any atom is 0.418 e. The summed E-state index contributed by atoms with van der Waals surface area (Å²) in [5.41, 5.74) is 7.90. The van der Waals surface area contributed by atoms with Crippen molar-refractivity contribution in [2.45, 2.75) is 76.5 Å². The van der Waals surface area contributed by atoms with E-state index in [9.17, 15) is 26.7 Å². The Morgan fingerprint density at radius 3 is 2.71 bits per heavy atom. The highest BCUT2D eigenvalue weighted by molar-refractivity contribution is 6.31. The Kier molecular flexibility index (Phi) is 9.66. The summed E-state index contributed by atoms with van der Waals surface area (Å²) in [5.74, 6) is 0.357. The third kappa shape index (κ3) is 6.82. The van der Waals surface area contributed by atoms with Crippen LogP contribution in [-0.4, -0.2) is 76.3 Å². The van der Waals surface area contributed by atoms with Crippen molar-refractivity contribution in [3.63, 3.8) is 0 Å². The first-order valence-corrected chi connectivity index (χ1v) is 17.8. The highest BCUT2D eigenvalue weighted by atomic mass is 35.5. The van der Waals surface area contributed by atoms with Crippen molar-refractivity contribution in [2.75, 3.05) is 51.0 Å². The highest BCUT2D eigenvalue weighted by Gasteiger charge is 2.49. The quantitative estimate of drug-likeness (QED) is 0.209. The average Bonchev–Trinajstić information content (AvgIpc) is 3.64. The molecular weight excluding hydrogens is 709 g/mol. The van der Waals surface area contributed by atoms with Crippen LogP contribution in [0.3, 0.4) is 0 Å². The molecule has 16 heteroatoms. The van der Waals surface area contributed by atoms with E-state index in [4.69, 9.17) is 31.8 Å². The molecule has 2 saturated heterocycles. The molecule has 7 rings (SSSR count). The van der Waals surface area contributed by atoms with Crippen LogP contribution in [0.25, 0.3) is 0 Å². The third-order valence-corrected chi connectivity index (χ3v) is 11.1. The summed E-state index contributed by atoms with van der Waals surface area (Å²) >= 11 is 6.11. The second kappa shape index (κ2) is 13.8. The van der Waals surface area contributed by atoms with Gasteiger partial charge in [0.1, 0.15) is 12.4 Å². The van der Waals surface area contributed by atoms with E-state index in [-0.39, 0.29) is 48.6 Å². The Morgan fingerprint density at radius 1 is 1.19 bits per heavy atom. The molecule has 0 radical (unpaired) electrons. The molecule has 1 amide bonds. The van der Waals surface area contributed by atoms with Crippen molar-refractivity contribution in [1.29, 1.82) is 0 Å². The molecule has 2 N–H and O–H groups in total. The number of nitrogens with two attached hydrogens (primary N) is 1. The second-order valence-electron chi connectivity index (χ2n) is 14.5. The van der Waals surface area contributed by atoms with E-state index in [0.29, 0.717) is 61.7 Å². The normalized spacial score (nSPS) is 23.1. The molecule has 1 unspecified atom stereocenters. The van der Waals surface area contributed by atoms with Crippen LogP contribution in [0.2, 0.25) is 5.02 Å². The SMILES string of the molecule is Cc1c(C(=O)N(C)C)nn2c1CN(c1nc(OC[C@]34CCCN3C[C@@H](C=C(F)F)C4)cc3c1COC(c1cc(N)cc(Cl)c1C(F)(F)F)C3)CCC2. The molecule has 0 aliphatic carbocycles. The van der Waals surface area contributed by atoms with Crippen LogP contribution in [0, 0.1) is 12.8 Å². The zero-order valence-corrected chi connectivity index (χ0v) is 30.0. The molecule has 0 spiro atoms. The average molecular weight is 750 g/mol. The van der Waals surface area contributed by atoms with Crippen molar-refractivity contribution < 1.29 is 36.2 Å². The van der Waals surface area contributed by atoms with Gasteiger partial charge in [-0.15, -0.1) is 0 Å². The van der Waals surface area contributed by atoms with Gasteiger partial charge in [-0.3, -0.25) is 14.4 Å². The minimum absolute atomic E-state index is 0.0358. The number of amides is 1. The fraction of sp³-hybridized carbons (Fsp3) is 0.528. The molecule has 10 nitrogen and oxygen atoms in total. The molecule has 280 valence electrons. The molecule has 52 heavy (non-hydrogen) atoms. The summed E-state index contributed by atoms with van der Waals surface area (Å²) in [6.45, 7) is 4.89. The largest absolute Gasteiger partial charge is 0.476 e. The molecular formula is C36H41ClF5N7O3. The molecule has 0 saturated carbocycles. The van der Waals surface area contributed by atoms with Crippen LogP contribution in [-0.2, 0) is 37.0 Å². The lowest BCUT2D eigenvalue weighted by molar-refractivity contribution is -0.139. The van der Waals surface area contributed by atoms with Crippen LogP contribution in [0.4, 0.5) is 33.5 Å². The topological polar surface area (TPSA) is 102 Å². The molecule has 2 fully saturated rings. The lowest BCUT2D eigenvalue weighted by atomic mass is 9.90. The van der Waals surface area contributed by atoms with Crippen LogP contribution in [0.5, 0.6) is 5.88 Å². The standard InChI is InChI=1S/C36H41ClF5N7O3/c1-20-27-17-47(7-5-9-49(27)45-32(20)34(50)46(2)3)33-25-18-51-28(24-13-23(43)14-26(37)31(24)36(40,41)42)11-22(25)12-30(44-33)52-19-35-6-4-8-48(35)16-21(15-35)10-29(38)39/h10,12-14,21,28H,4-9,11,15-19,43H2,1-3H3/t21-,28?,35+/m0/s1. The molecule has 4 aliphatic heterocycles. The second-order valence-corrected chi connectivity index (χ2v) is 14.9. The fourth-order valence-electron chi connectivity index (χ4n) is 8.41. The number of pyridine rings is 1. The Balaban J connectivity index is 1.26. The maximum atomic E-state index is 14.3. The van der Waals surface area contributed by atoms with E-state index in [2.05, 4.69) is 14.9 Å². The maximum absolute atomic E-state index is 14.3. The number of aromatic nitrogens is 3. The number of alkyl halides is 3. The number of hydrogen-bond acceptors (Lipinski definition) is 8. The van der Waals surface area contributed by atoms with Gasteiger partial charge >= 0.3 is 6.18 Å². The Hall–Kier alpha value is -3.95. The van der Waals surface area contributed by atoms with Gasteiger partial charge in [-0.05, 0) is 74.4 Å². The molecule has 2 aromatic heterocycles. The molecule has 1 aromatic carbocycles. The molecule has 6 heterocycles. The lowest BCUT2D eigenvalue weighted by Gasteiger charge is -2.34. The number of nitrogen functional groups attached to an aromatic ring is 1. The van der Waals surface area contributed by atoms with E-state index in [0.717, 1.165) is 42.8 Å². The van der Waals surface area contributed by atoms with Crippen LogP contribution < -0.4 is 15.4 Å². The summed E-state index contributed by atoms with van der Waals surface area (Å²) in [6.07, 6.45) is -3.44. The number of fused-ring (bicyclic) bond motifs is 3. The minimum atomic E-state index is -4.74. The van der Waals surface area contributed by atoms with Crippen molar-refractivity contribution in [1.82, 2.24) is 24.6 Å². The number of halogens is 6. The van der Waals surface area contributed by atoms with Crippen LogP contribution in [0.1, 0.15) is 75.8 Å². The molecule has 3 aromatic rings. The van der Waals surface area contributed by atoms with E-state index >= 15 is 0 Å². The first-order valence-electron chi connectivity index (χ1n) is 17.4. The van der Waals surface area contributed by atoms with Crippen molar-refractivity contribution in [2.24, 2.45) is 5.92 Å². The molecule has 0 bridgehead atoms. The summed E-state index contributed by atoms with van der Waals surface area (Å²) in [4.78, 5) is 23.7. The van der Waals surface area contributed by atoms with Crippen molar-refractivity contribution in [3.8, 4) is 5.88 Å². The predicted octanol–water partition coefficient (Wildman–Crippen LogP) is 6.78. The number of nitrogens with zero attached hydrogens (tertiary/aromatic N) is 6. The van der Waals surface area contributed by atoms with E-state index in [1.165, 1.54) is 11.0 Å². The summed E-state index contributed by atoms with van der Waals surface area (Å²) in [7, 11) is 3.35. The zero-order chi connectivity index (χ0) is 37.1. The van der Waals surface area contributed by atoms with Gasteiger partial charge in [-0.2, -0.15) is 32.0 Å². The van der Waals surface area contributed by atoms with Crippen LogP contribution in [0.15, 0.2) is 30.4 Å². The summed E-state index contributed by atoms with van der Waals surface area (Å²) < 4.78 is 83.8. The van der Waals surface area contributed by atoms with Gasteiger partial charge in [0.05, 0.1) is 41.1 Å². The smallest absolute Gasteiger partial charge is 0.418 e. The number of anilines is 2. The van der Waals surface area contributed by atoms with Crippen molar-refractivity contribution in [3.05, 3.63) is 74.6 Å². The number of carbonyl (C=O) groups is 1. The highest BCUT2D eigenvalue weighted by Crippen LogP contribution is 2.46. The van der Waals surface area contributed by atoms with Gasteiger partial charge < -0.3 is 25.0 Å². The first kappa shape index (κ1) is 36.4. The van der Waals surface area contributed by atoms with Gasteiger partial charge in [0, 0.05) is 63.0 Å². The number of benzene rings is 1. The number of rotatable bonds is 7. The Bertz CT molecular complexity index is 1910. The monoisotopic (exact) mass is 749 g/mol. The van der Waals surface area contributed by atoms with Gasteiger partial charge in [-0.1, -0.05) is 11.6 Å². The molecule has 3 atom stereocenters. The van der Waals surface area contributed by atoms with E-state index < -0.39 is 34.5 Å². The van der Waals surface area contributed by atoms with Crippen LogP contribution >= 0.6 is 11.6 Å². The van der Waals surface area contributed by atoms with E-state index in [1.807, 2.05) is 11.6 Å².